The Labute approximate surface area is 254 Å². The van der Waals surface area contributed by atoms with Crippen molar-refractivity contribution in [2.24, 2.45) is 0 Å². The zero-order valence-corrected chi connectivity index (χ0v) is 25.6. The van der Waals surface area contributed by atoms with Gasteiger partial charge in [-0.25, -0.2) is 8.42 Å². The summed E-state index contributed by atoms with van der Waals surface area (Å²) >= 11 is 3.42. The van der Waals surface area contributed by atoms with Gasteiger partial charge in [-0.1, -0.05) is 77.3 Å². The summed E-state index contributed by atoms with van der Waals surface area (Å²) in [6.07, 6.45) is 4.91. The Morgan fingerprint density at radius 3 is 2.29 bits per heavy atom. The number of carbonyl (C=O) groups excluding carboxylic acids is 2. The van der Waals surface area contributed by atoms with Crippen molar-refractivity contribution >= 4 is 49.1 Å². The lowest BCUT2D eigenvalue weighted by atomic mass is 10.0. The second-order valence-electron chi connectivity index (χ2n) is 10.4. The van der Waals surface area contributed by atoms with Gasteiger partial charge in [0.1, 0.15) is 12.6 Å². The summed E-state index contributed by atoms with van der Waals surface area (Å²) in [6, 6.07) is 20.8. The fourth-order valence-corrected chi connectivity index (χ4v) is 6.19. The topological polar surface area (TPSA) is 130 Å². The van der Waals surface area contributed by atoms with Gasteiger partial charge >= 0.3 is 0 Å². The number of carbonyl (C=O) groups is 2. The predicted molar refractivity (Wildman–Crippen MR) is 164 cm³/mol. The van der Waals surface area contributed by atoms with Crippen LogP contribution in [-0.2, 0) is 32.6 Å². The molecule has 1 aliphatic carbocycles. The van der Waals surface area contributed by atoms with Crippen molar-refractivity contribution < 1.29 is 22.9 Å². The number of nitrogens with zero attached hydrogens (tertiary/aromatic N) is 3. The highest BCUT2D eigenvalue weighted by atomic mass is 79.9. The van der Waals surface area contributed by atoms with Gasteiger partial charge in [0.25, 0.3) is 5.69 Å². The van der Waals surface area contributed by atoms with Crippen molar-refractivity contribution in [1.82, 2.24) is 10.2 Å². The van der Waals surface area contributed by atoms with E-state index in [2.05, 4.69) is 21.2 Å². The van der Waals surface area contributed by atoms with E-state index in [9.17, 15) is 28.1 Å². The average Bonchev–Trinajstić information content (AvgIpc) is 3.47. The molecular weight excluding hydrogens is 624 g/mol. The molecule has 1 atom stereocenters. The number of anilines is 1. The Hall–Kier alpha value is -3.77. The molecule has 0 spiro atoms. The zero-order valence-electron chi connectivity index (χ0n) is 23.2. The molecule has 4 rings (SSSR count). The summed E-state index contributed by atoms with van der Waals surface area (Å²) < 4.78 is 27.5. The lowest BCUT2D eigenvalue weighted by Gasteiger charge is -2.34. The van der Waals surface area contributed by atoms with E-state index < -0.39 is 33.4 Å². The summed E-state index contributed by atoms with van der Waals surface area (Å²) in [4.78, 5) is 40.1. The van der Waals surface area contributed by atoms with Gasteiger partial charge in [-0.15, -0.1) is 0 Å². The molecule has 42 heavy (non-hydrogen) atoms. The van der Waals surface area contributed by atoms with Crippen LogP contribution in [0.3, 0.4) is 0 Å². The summed E-state index contributed by atoms with van der Waals surface area (Å²) in [7, 11) is -4.03. The van der Waals surface area contributed by atoms with E-state index in [4.69, 9.17) is 0 Å². The summed E-state index contributed by atoms with van der Waals surface area (Å²) in [5.74, 6) is -0.921. The van der Waals surface area contributed by atoms with Gasteiger partial charge < -0.3 is 10.2 Å². The number of halogens is 1. The molecule has 0 unspecified atom stereocenters. The number of hydrogen-bond acceptors (Lipinski definition) is 6. The number of nitro groups is 1. The summed E-state index contributed by atoms with van der Waals surface area (Å²) in [5, 5.41) is 14.5. The molecule has 3 aromatic carbocycles. The number of non-ortho nitro benzene ring substituents is 1. The van der Waals surface area contributed by atoms with Gasteiger partial charge in [0.05, 0.1) is 16.9 Å². The third-order valence-electron chi connectivity index (χ3n) is 7.25. The lowest BCUT2D eigenvalue weighted by Crippen LogP contribution is -2.54. The van der Waals surface area contributed by atoms with Crippen LogP contribution < -0.4 is 9.62 Å². The quantitative estimate of drug-likeness (QED) is 0.220. The standard InChI is InChI=1S/C30H33BrN4O6S/c1-42(40,41)34(26-12-7-13-27(19-26)35(38)39)21-29(36)33(20-23-14-16-24(31)17-15-23)28(18-22-8-3-2-4-9-22)30(37)32-25-10-5-6-11-25/h2-4,7-9,12-17,19,25,28H,5-6,10-11,18,20-21H2,1H3,(H,32,37)/t28-/m1/s1. The first-order valence-corrected chi connectivity index (χ1v) is 16.3. The van der Waals surface area contributed by atoms with Crippen LogP contribution in [-0.4, -0.2) is 54.9 Å². The fraction of sp³-hybridized carbons (Fsp3) is 0.333. The molecular formula is C30H33BrN4O6S. The van der Waals surface area contributed by atoms with Crippen molar-refractivity contribution in [1.29, 1.82) is 0 Å². The van der Waals surface area contributed by atoms with Crippen LogP contribution >= 0.6 is 15.9 Å². The average molecular weight is 658 g/mol. The van der Waals surface area contributed by atoms with E-state index in [1.165, 1.54) is 23.1 Å². The Balaban J connectivity index is 1.73. The molecule has 0 bridgehead atoms. The molecule has 222 valence electrons. The highest BCUT2D eigenvalue weighted by molar-refractivity contribution is 9.10. The molecule has 1 N–H and O–H groups in total. The van der Waals surface area contributed by atoms with Crippen molar-refractivity contribution in [3.05, 3.63) is 105 Å². The second kappa shape index (κ2) is 13.9. The Morgan fingerprint density at radius 1 is 1.00 bits per heavy atom. The second-order valence-corrected chi connectivity index (χ2v) is 13.2. The van der Waals surface area contributed by atoms with Gasteiger partial charge in [-0.05, 0) is 42.2 Å². The minimum atomic E-state index is -4.03. The van der Waals surface area contributed by atoms with Crippen molar-refractivity contribution in [2.75, 3.05) is 17.1 Å². The number of rotatable bonds is 12. The third-order valence-corrected chi connectivity index (χ3v) is 8.92. The molecule has 1 aliphatic rings. The minimum absolute atomic E-state index is 0.0118. The Morgan fingerprint density at radius 2 is 1.67 bits per heavy atom. The first-order valence-electron chi connectivity index (χ1n) is 13.6. The van der Waals surface area contributed by atoms with Crippen LogP contribution in [0.2, 0.25) is 0 Å². The van der Waals surface area contributed by atoms with Crippen LogP contribution in [0, 0.1) is 10.1 Å². The first kappa shape index (κ1) is 31.2. The maximum Gasteiger partial charge on any atom is 0.271 e. The monoisotopic (exact) mass is 656 g/mol. The molecule has 1 saturated carbocycles. The molecule has 2 amide bonds. The van der Waals surface area contributed by atoms with Crippen LogP contribution in [0.15, 0.2) is 83.3 Å². The molecule has 1 fully saturated rings. The van der Waals surface area contributed by atoms with Crippen molar-refractivity contribution in [3.63, 3.8) is 0 Å². The van der Waals surface area contributed by atoms with Crippen molar-refractivity contribution in [2.45, 2.75) is 50.7 Å². The van der Waals surface area contributed by atoms with Gasteiger partial charge in [-0.2, -0.15) is 0 Å². The number of amides is 2. The molecule has 10 nitrogen and oxygen atoms in total. The number of benzene rings is 3. The molecule has 0 aromatic heterocycles. The molecule has 0 radical (unpaired) electrons. The number of hydrogen-bond donors (Lipinski definition) is 1. The molecule has 12 heteroatoms. The Kier molecular flexibility index (Phi) is 10.3. The molecule has 0 aliphatic heterocycles. The normalized spacial score (nSPS) is 14.2. The highest BCUT2D eigenvalue weighted by Crippen LogP contribution is 2.25. The van der Waals surface area contributed by atoms with Crippen LogP contribution in [0.4, 0.5) is 11.4 Å². The first-order chi connectivity index (χ1) is 20.0. The van der Waals surface area contributed by atoms with E-state index in [-0.39, 0.29) is 36.3 Å². The minimum Gasteiger partial charge on any atom is -0.352 e. The highest BCUT2D eigenvalue weighted by Gasteiger charge is 2.34. The van der Waals surface area contributed by atoms with E-state index in [0.717, 1.165) is 57.9 Å². The zero-order chi connectivity index (χ0) is 30.3. The van der Waals surface area contributed by atoms with Gasteiger partial charge in [-0.3, -0.25) is 24.0 Å². The maximum absolute atomic E-state index is 14.1. The predicted octanol–water partition coefficient (Wildman–Crippen LogP) is 4.82. The van der Waals surface area contributed by atoms with E-state index in [1.807, 2.05) is 54.6 Å². The molecule has 0 heterocycles. The van der Waals surface area contributed by atoms with E-state index >= 15 is 0 Å². The summed E-state index contributed by atoms with van der Waals surface area (Å²) in [6.45, 7) is -0.591. The molecule has 3 aromatic rings. The van der Waals surface area contributed by atoms with E-state index in [0.29, 0.717) is 0 Å². The van der Waals surface area contributed by atoms with Crippen LogP contribution in [0.25, 0.3) is 0 Å². The van der Waals surface area contributed by atoms with Crippen LogP contribution in [0.1, 0.15) is 36.8 Å². The SMILES string of the molecule is CS(=O)(=O)N(CC(=O)N(Cc1ccc(Br)cc1)[C@H](Cc1ccccc1)C(=O)NC1CCCC1)c1cccc([N+](=O)[O-])c1. The van der Waals surface area contributed by atoms with Gasteiger partial charge in [0, 0.05) is 35.6 Å². The maximum atomic E-state index is 14.1. The molecule has 0 saturated heterocycles. The van der Waals surface area contributed by atoms with Crippen LogP contribution in [0.5, 0.6) is 0 Å². The third kappa shape index (κ3) is 8.39. The van der Waals surface area contributed by atoms with Gasteiger partial charge in [0.15, 0.2) is 0 Å². The van der Waals surface area contributed by atoms with E-state index in [1.54, 1.807) is 0 Å². The number of sulfonamides is 1. The summed E-state index contributed by atoms with van der Waals surface area (Å²) in [5.41, 5.74) is 1.27. The van der Waals surface area contributed by atoms with Gasteiger partial charge in [0.2, 0.25) is 21.8 Å². The number of nitrogens with one attached hydrogen (secondary N) is 1. The fourth-order valence-electron chi connectivity index (χ4n) is 5.08. The van der Waals surface area contributed by atoms with Crippen molar-refractivity contribution in [3.8, 4) is 0 Å². The number of nitro benzene ring substituents is 1. The smallest absolute Gasteiger partial charge is 0.271 e. The Bertz CT molecular complexity index is 1510. The lowest BCUT2D eigenvalue weighted by molar-refractivity contribution is -0.384. The largest absolute Gasteiger partial charge is 0.352 e.